The average Bonchev–Trinajstić information content (AvgIpc) is 3.12. The second kappa shape index (κ2) is 5.65. The van der Waals surface area contributed by atoms with Crippen LogP contribution in [0.2, 0.25) is 0 Å². The molecule has 1 aliphatic carbocycles. The Balaban J connectivity index is 1.99. The van der Waals surface area contributed by atoms with Gasteiger partial charge < -0.3 is 10.7 Å². The van der Waals surface area contributed by atoms with Gasteiger partial charge in [0.1, 0.15) is 5.82 Å². The van der Waals surface area contributed by atoms with Crippen molar-refractivity contribution in [3.8, 4) is 11.4 Å². The average molecular weight is 392 g/mol. The number of nitrogen functional groups attached to an aromatic ring is 1. The zero-order valence-electron chi connectivity index (χ0n) is 21.3. The van der Waals surface area contributed by atoms with Crippen molar-refractivity contribution >= 4 is 16.7 Å². The molecular formula is C26H35N3. The molecule has 3 aromatic rings. The van der Waals surface area contributed by atoms with Crippen molar-refractivity contribution in [2.24, 2.45) is 5.41 Å². The number of hydrogen-bond acceptors (Lipinski definition) is 2. The number of benzene rings is 2. The molecule has 3 nitrogen and oxygen atoms in total. The number of imidazole rings is 1. The van der Waals surface area contributed by atoms with E-state index in [1.54, 1.807) is 0 Å². The first-order chi connectivity index (χ1) is 14.0. The summed E-state index contributed by atoms with van der Waals surface area (Å²) in [6.45, 7) is 19.8. The molecule has 29 heavy (non-hydrogen) atoms. The molecule has 1 aromatic heterocycles. The summed E-state index contributed by atoms with van der Waals surface area (Å²) >= 11 is 0. The second-order valence-electron chi connectivity index (χ2n) is 11.2. The van der Waals surface area contributed by atoms with Gasteiger partial charge in [0.05, 0.1) is 13.8 Å². The fourth-order valence-corrected chi connectivity index (χ4v) is 4.64. The van der Waals surface area contributed by atoms with Gasteiger partial charge in [0.25, 0.3) is 0 Å². The Kier molecular flexibility index (Phi) is 3.42. The maximum atomic E-state index is 9.09. The minimum Gasteiger partial charge on any atom is -0.398 e. The summed E-state index contributed by atoms with van der Waals surface area (Å²) < 4.78 is 18.2. The minimum absolute atomic E-state index is 0.00793. The topological polar surface area (TPSA) is 54.7 Å². The number of aromatic amines is 1. The van der Waals surface area contributed by atoms with Crippen molar-refractivity contribution in [2.45, 2.75) is 78.6 Å². The van der Waals surface area contributed by atoms with E-state index in [-0.39, 0.29) is 21.7 Å². The molecule has 0 radical (unpaired) electrons. The molecule has 1 aliphatic rings. The molecule has 2 aromatic carbocycles. The molecule has 4 rings (SSSR count). The largest absolute Gasteiger partial charge is 0.398 e. The number of anilines is 1. The van der Waals surface area contributed by atoms with Crippen LogP contribution in [0.5, 0.6) is 0 Å². The third kappa shape index (κ3) is 2.59. The van der Waals surface area contributed by atoms with Crippen LogP contribution in [0.25, 0.3) is 22.4 Å². The van der Waals surface area contributed by atoms with Crippen LogP contribution in [0.4, 0.5) is 5.69 Å². The van der Waals surface area contributed by atoms with E-state index in [4.69, 9.17) is 13.5 Å². The molecule has 3 heteroatoms. The van der Waals surface area contributed by atoms with Crippen LogP contribution in [0.3, 0.4) is 0 Å². The smallest absolute Gasteiger partial charge is 0.140 e. The summed E-state index contributed by atoms with van der Waals surface area (Å²) in [5.74, 6) is 0.619. The third-order valence-corrected chi connectivity index (χ3v) is 7.99. The summed E-state index contributed by atoms with van der Waals surface area (Å²) in [6, 6.07) is 6.95. The van der Waals surface area contributed by atoms with Crippen LogP contribution in [0.1, 0.15) is 81.7 Å². The van der Waals surface area contributed by atoms with Gasteiger partial charge in [-0.25, -0.2) is 4.98 Å². The van der Waals surface area contributed by atoms with Crippen molar-refractivity contribution in [1.29, 1.82) is 0 Å². The van der Waals surface area contributed by atoms with E-state index in [0.717, 1.165) is 22.3 Å². The summed E-state index contributed by atoms with van der Waals surface area (Å²) in [5.41, 5.74) is 11.5. The maximum absolute atomic E-state index is 9.09. The molecule has 0 saturated carbocycles. The van der Waals surface area contributed by atoms with Gasteiger partial charge in [-0.05, 0) is 62.6 Å². The monoisotopic (exact) mass is 391 g/mol. The minimum atomic E-state index is -0.251. The van der Waals surface area contributed by atoms with E-state index in [0.29, 0.717) is 34.6 Å². The normalized spacial score (nSPS) is 20.4. The maximum Gasteiger partial charge on any atom is 0.140 e. The zero-order chi connectivity index (χ0) is 23.3. The molecule has 3 N–H and O–H groups in total. The Bertz CT molecular complexity index is 1160. The first-order valence-corrected chi connectivity index (χ1v) is 10.5. The molecule has 0 unspecified atom stereocenters. The second-order valence-corrected chi connectivity index (χ2v) is 11.2. The Labute approximate surface area is 177 Å². The van der Waals surface area contributed by atoms with E-state index >= 15 is 0 Å². The molecule has 0 saturated heterocycles. The number of nitrogens with two attached hydrogens (primary N) is 1. The number of nitrogens with one attached hydrogen (secondary N) is 1. The van der Waals surface area contributed by atoms with Gasteiger partial charge in [0.2, 0.25) is 0 Å². The quantitative estimate of drug-likeness (QED) is 0.453. The van der Waals surface area contributed by atoms with Gasteiger partial charge in [0, 0.05) is 11.3 Å². The molecule has 0 fully saturated rings. The van der Waals surface area contributed by atoms with Crippen LogP contribution < -0.4 is 5.73 Å². The highest BCUT2D eigenvalue weighted by molar-refractivity contribution is 5.85. The van der Waals surface area contributed by atoms with Crippen molar-refractivity contribution < 1.29 is 2.74 Å². The van der Waals surface area contributed by atoms with Crippen molar-refractivity contribution in [3.05, 3.63) is 47.0 Å². The molecule has 154 valence electrons. The number of aromatic nitrogens is 2. The number of hydrogen-bond donors (Lipinski definition) is 2. The Hall–Kier alpha value is -2.29. The standard InChI is InChI=1S/C26H35N3/c1-23(2,3)15-10-11-16(19(27)12-15)22-28-20-13-17-18(14-21(20)29-22)25(6,7)26(8,9)24(17,4)5/h10-14H,27H2,1-9H3,(H,28,29)/i13D,14D. The van der Waals surface area contributed by atoms with Crippen LogP contribution in [-0.4, -0.2) is 9.97 Å². The van der Waals surface area contributed by atoms with Gasteiger partial charge in [-0.2, -0.15) is 0 Å². The van der Waals surface area contributed by atoms with Gasteiger partial charge in [-0.15, -0.1) is 0 Å². The SMILES string of the molecule is [2H]c1c2c(c([2H])c3[nH]c(-c4ccc(C(C)(C)C)cc4N)nc13)C(C)(C)C(C)(C)C2(C)C. The van der Waals surface area contributed by atoms with Crippen molar-refractivity contribution in [1.82, 2.24) is 9.97 Å². The van der Waals surface area contributed by atoms with E-state index in [2.05, 4.69) is 73.4 Å². The van der Waals surface area contributed by atoms with E-state index < -0.39 is 0 Å². The van der Waals surface area contributed by atoms with E-state index in [9.17, 15) is 0 Å². The zero-order valence-corrected chi connectivity index (χ0v) is 19.3. The van der Waals surface area contributed by atoms with Gasteiger partial charge in [0.15, 0.2) is 0 Å². The van der Waals surface area contributed by atoms with Crippen LogP contribution in [-0.2, 0) is 16.2 Å². The van der Waals surface area contributed by atoms with Crippen molar-refractivity contribution in [2.75, 3.05) is 5.73 Å². The molecule has 0 amide bonds. The molecule has 0 bridgehead atoms. The molecular weight excluding hydrogens is 354 g/mol. The summed E-state index contributed by atoms with van der Waals surface area (Å²) in [4.78, 5) is 8.14. The molecule has 0 atom stereocenters. The lowest BCUT2D eigenvalue weighted by molar-refractivity contribution is 0.125. The van der Waals surface area contributed by atoms with Crippen molar-refractivity contribution in [3.63, 3.8) is 0 Å². The Morgan fingerprint density at radius 2 is 1.55 bits per heavy atom. The lowest BCUT2D eigenvalue weighted by atomic mass is 9.59. The summed E-state index contributed by atoms with van der Waals surface area (Å²) in [5, 5.41) is 0. The highest BCUT2D eigenvalue weighted by Crippen LogP contribution is 2.61. The molecule has 0 spiro atoms. The number of H-pyrrole nitrogens is 1. The predicted molar refractivity (Wildman–Crippen MR) is 124 cm³/mol. The fourth-order valence-electron chi connectivity index (χ4n) is 4.64. The molecule has 1 heterocycles. The fraction of sp³-hybridized carbons (Fsp3) is 0.500. The number of rotatable bonds is 1. The van der Waals surface area contributed by atoms with Crippen LogP contribution >= 0.6 is 0 Å². The van der Waals surface area contributed by atoms with Gasteiger partial charge in [-0.1, -0.05) is 68.4 Å². The first kappa shape index (κ1) is 17.6. The van der Waals surface area contributed by atoms with E-state index in [1.165, 1.54) is 0 Å². The Morgan fingerprint density at radius 1 is 0.966 bits per heavy atom. The highest BCUT2D eigenvalue weighted by Gasteiger charge is 2.56. The highest BCUT2D eigenvalue weighted by atomic mass is 14.9. The van der Waals surface area contributed by atoms with Gasteiger partial charge in [-0.3, -0.25) is 0 Å². The third-order valence-electron chi connectivity index (χ3n) is 7.99. The van der Waals surface area contributed by atoms with E-state index in [1.807, 2.05) is 12.1 Å². The number of fused-ring (bicyclic) bond motifs is 2. The Morgan fingerprint density at radius 3 is 2.10 bits per heavy atom. The first-order valence-electron chi connectivity index (χ1n) is 11.5. The van der Waals surface area contributed by atoms with Crippen LogP contribution in [0, 0.1) is 5.41 Å². The number of nitrogens with zero attached hydrogens (tertiary/aromatic N) is 1. The molecule has 0 aliphatic heterocycles. The summed E-state index contributed by atoms with van der Waals surface area (Å²) in [7, 11) is 0. The lowest BCUT2D eigenvalue weighted by Gasteiger charge is -2.44. The lowest BCUT2D eigenvalue weighted by Crippen LogP contribution is -2.42. The summed E-state index contributed by atoms with van der Waals surface area (Å²) in [6.07, 6.45) is 0. The van der Waals surface area contributed by atoms with Crippen LogP contribution in [0.15, 0.2) is 30.3 Å². The predicted octanol–water partition coefficient (Wildman–Crippen LogP) is 6.70. The van der Waals surface area contributed by atoms with Gasteiger partial charge >= 0.3 is 0 Å².